The van der Waals surface area contributed by atoms with E-state index in [1.54, 1.807) is 29.2 Å². The van der Waals surface area contributed by atoms with Crippen LogP contribution >= 0.6 is 0 Å². The number of hydrogen-bond acceptors (Lipinski definition) is 5. The number of para-hydroxylation sites is 2. The van der Waals surface area contributed by atoms with E-state index in [1.165, 1.54) is 14.0 Å². The number of anilines is 1. The minimum atomic E-state index is -0.995. The van der Waals surface area contributed by atoms with Gasteiger partial charge in [0.1, 0.15) is 5.75 Å². The zero-order valence-corrected chi connectivity index (χ0v) is 16.5. The third-order valence-electron chi connectivity index (χ3n) is 4.79. The van der Waals surface area contributed by atoms with Crippen molar-refractivity contribution in [2.24, 2.45) is 5.92 Å². The van der Waals surface area contributed by atoms with Crippen LogP contribution in [-0.4, -0.2) is 42.4 Å². The number of carbonyl (C=O) groups is 3. The summed E-state index contributed by atoms with van der Waals surface area (Å²) in [6, 6.07) is 16.6. The van der Waals surface area contributed by atoms with Crippen molar-refractivity contribution in [3.8, 4) is 5.75 Å². The molecule has 29 heavy (non-hydrogen) atoms. The molecule has 1 N–H and O–H groups in total. The van der Waals surface area contributed by atoms with Crippen molar-refractivity contribution in [3.05, 3.63) is 60.2 Å². The molecule has 1 heterocycles. The molecular formula is C22H24N2O5. The van der Waals surface area contributed by atoms with Gasteiger partial charge in [0.15, 0.2) is 6.10 Å². The Kier molecular flexibility index (Phi) is 6.49. The quantitative estimate of drug-likeness (QED) is 0.728. The number of carbonyl (C=O) groups excluding carboxylic acids is 3. The highest BCUT2D eigenvalue weighted by molar-refractivity contribution is 5.96. The lowest BCUT2D eigenvalue weighted by atomic mass is 10.1. The fourth-order valence-corrected chi connectivity index (χ4v) is 3.19. The van der Waals surface area contributed by atoms with E-state index in [0.717, 1.165) is 5.56 Å². The number of esters is 1. The lowest BCUT2D eigenvalue weighted by Gasteiger charge is -2.18. The highest BCUT2D eigenvalue weighted by Crippen LogP contribution is 2.24. The minimum Gasteiger partial charge on any atom is -0.495 e. The van der Waals surface area contributed by atoms with E-state index >= 15 is 0 Å². The first-order chi connectivity index (χ1) is 14.0. The van der Waals surface area contributed by atoms with Crippen molar-refractivity contribution in [3.63, 3.8) is 0 Å². The van der Waals surface area contributed by atoms with Crippen LogP contribution in [0.4, 0.5) is 5.69 Å². The number of ether oxygens (including phenoxy) is 2. The fourth-order valence-electron chi connectivity index (χ4n) is 3.19. The van der Waals surface area contributed by atoms with E-state index in [0.29, 0.717) is 18.0 Å². The molecule has 0 spiro atoms. The summed E-state index contributed by atoms with van der Waals surface area (Å²) in [7, 11) is 1.51. The van der Waals surface area contributed by atoms with Gasteiger partial charge in [-0.1, -0.05) is 42.5 Å². The van der Waals surface area contributed by atoms with Gasteiger partial charge in [0.25, 0.3) is 5.91 Å². The Morgan fingerprint density at radius 1 is 1.14 bits per heavy atom. The predicted molar refractivity (Wildman–Crippen MR) is 107 cm³/mol. The van der Waals surface area contributed by atoms with Gasteiger partial charge in [-0.2, -0.15) is 0 Å². The maximum absolute atomic E-state index is 12.5. The van der Waals surface area contributed by atoms with E-state index < -0.39 is 23.9 Å². The third kappa shape index (κ3) is 5.13. The molecule has 0 aromatic heterocycles. The molecule has 7 nitrogen and oxygen atoms in total. The molecule has 1 saturated heterocycles. The molecule has 7 heteroatoms. The number of likely N-dealkylation sites (tertiary alicyclic amines) is 1. The van der Waals surface area contributed by atoms with E-state index in [-0.39, 0.29) is 18.9 Å². The van der Waals surface area contributed by atoms with Crippen LogP contribution in [0.15, 0.2) is 54.6 Å². The highest BCUT2D eigenvalue weighted by atomic mass is 16.5. The van der Waals surface area contributed by atoms with Crippen molar-refractivity contribution < 1.29 is 23.9 Å². The second-order valence-corrected chi connectivity index (χ2v) is 6.93. The molecule has 0 radical (unpaired) electrons. The summed E-state index contributed by atoms with van der Waals surface area (Å²) in [5.74, 6) is -1.17. The van der Waals surface area contributed by atoms with Gasteiger partial charge < -0.3 is 19.7 Å². The van der Waals surface area contributed by atoms with Crippen molar-refractivity contribution in [1.82, 2.24) is 4.90 Å². The number of benzene rings is 2. The Labute approximate surface area is 169 Å². The van der Waals surface area contributed by atoms with Gasteiger partial charge >= 0.3 is 5.97 Å². The normalized spacial score (nSPS) is 17.0. The summed E-state index contributed by atoms with van der Waals surface area (Å²) < 4.78 is 10.5. The number of amides is 2. The van der Waals surface area contributed by atoms with Crippen LogP contribution in [0.25, 0.3) is 0 Å². The summed E-state index contributed by atoms with van der Waals surface area (Å²) in [5.41, 5.74) is 1.49. The molecule has 1 aliphatic rings. The topological polar surface area (TPSA) is 84.9 Å². The Morgan fingerprint density at radius 2 is 1.83 bits per heavy atom. The summed E-state index contributed by atoms with van der Waals surface area (Å²) >= 11 is 0. The van der Waals surface area contributed by atoms with Crippen LogP contribution in [-0.2, 0) is 25.7 Å². The lowest BCUT2D eigenvalue weighted by Crippen LogP contribution is -2.33. The van der Waals surface area contributed by atoms with Gasteiger partial charge in [0.05, 0.1) is 18.7 Å². The summed E-state index contributed by atoms with van der Waals surface area (Å²) in [4.78, 5) is 38.7. The van der Waals surface area contributed by atoms with Crippen molar-refractivity contribution >= 4 is 23.5 Å². The maximum Gasteiger partial charge on any atom is 0.312 e. The second kappa shape index (κ2) is 9.23. The van der Waals surface area contributed by atoms with Crippen LogP contribution in [0.1, 0.15) is 18.9 Å². The van der Waals surface area contributed by atoms with Crippen LogP contribution in [0.2, 0.25) is 0 Å². The molecule has 2 atom stereocenters. The van der Waals surface area contributed by atoms with Gasteiger partial charge in [0.2, 0.25) is 5.91 Å². The average molecular weight is 396 g/mol. The summed E-state index contributed by atoms with van der Waals surface area (Å²) in [6.45, 7) is 2.24. The summed E-state index contributed by atoms with van der Waals surface area (Å²) in [6.07, 6.45) is -0.905. The van der Waals surface area contributed by atoms with Crippen LogP contribution in [0.3, 0.4) is 0 Å². The lowest BCUT2D eigenvalue weighted by molar-refractivity contribution is -0.157. The molecule has 0 aliphatic carbocycles. The molecule has 152 valence electrons. The number of hydrogen-bond donors (Lipinski definition) is 1. The first kappa shape index (κ1) is 20.4. The highest BCUT2D eigenvalue weighted by Gasteiger charge is 2.36. The van der Waals surface area contributed by atoms with Gasteiger partial charge in [0, 0.05) is 19.5 Å². The van der Waals surface area contributed by atoms with Gasteiger partial charge in [-0.25, -0.2) is 0 Å². The molecule has 2 amide bonds. The van der Waals surface area contributed by atoms with E-state index in [2.05, 4.69) is 5.32 Å². The second-order valence-electron chi connectivity index (χ2n) is 6.93. The zero-order valence-electron chi connectivity index (χ0n) is 16.5. The standard InChI is InChI=1S/C22H24N2O5/c1-15(21(26)23-18-10-6-7-11-19(18)28-2)29-22(27)17-12-20(25)24(14-17)13-16-8-4-3-5-9-16/h3-11,15,17H,12-14H2,1-2H3,(H,23,26)/t15-,17-/m1/s1. The molecule has 1 fully saturated rings. The number of nitrogens with zero attached hydrogens (tertiary/aromatic N) is 1. The molecule has 0 bridgehead atoms. The van der Waals surface area contributed by atoms with E-state index in [1.807, 2.05) is 30.3 Å². The average Bonchev–Trinajstić information content (AvgIpc) is 3.09. The van der Waals surface area contributed by atoms with Gasteiger partial charge in [-0.3, -0.25) is 14.4 Å². The van der Waals surface area contributed by atoms with Crippen molar-refractivity contribution in [2.45, 2.75) is 26.0 Å². The molecule has 2 aromatic carbocycles. The minimum absolute atomic E-state index is 0.0898. The molecule has 2 aromatic rings. The number of nitrogens with one attached hydrogen (secondary N) is 1. The van der Waals surface area contributed by atoms with Crippen LogP contribution in [0, 0.1) is 5.92 Å². The SMILES string of the molecule is COc1ccccc1NC(=O)[C@@H](C)OC(=O)[C@@H]1CC(=O)N(Cc2ccccc2)C1. The molecule has 1 aliphatic heterocycles. The predicted octanol–water partition coefficient (Wildman–Crippen LogP) is 2.61. The smallest absolute Gasteiger partial charge is 0.312 e. The first-order valence-electron chi connectivity index (χ1n) is 9.44. The first-order valence-corrected chi connectivity index (χ1v) is 9.44. The molecular weight excluding hydrogens is 372 g/mol. The van der Waals surface area contributed by atoms with E-state index in [4.69, 9.17) is 9.47 Å². The Bertz CT molecular complexity index is 884. The van der Waals surface area contributed by atoms with Gasteiger partial charge in [-0.05, 0) is 24.6 Å². The molecule has 3 rings (SSSR count). The largest absolute Gasteiger partial charge is 0.495 e. The molecule has 0 saturated carbocycles. The van der Waals surface area contributed by atoms with E-state index in [9.17, 15) is 14.4 Å². The number of methoxy groups -OCH3 is 1. The summed E-state index contributed by atoms with van der Waals surface area (Å²) in [5, 5.41) is 2.69. The zero-order chi connectivity index (χ0) is 20.8. The third-order valence-corrected chi connectivity index (χ3v) is 4.79. The fraction of sp³-hybridized carbons (Fsp3) is 0.318. The Balaban J connectivity index is 1.54. The Morgan fingerprint density at radius 3 is 2.55 bits per heavy atom. The van der Waals surface area contributed by atoms with Crippen molar-refractivity contribution in [1.29, 1.82) is 0 Å². The Hall–Kier alpha value is -3.35. The molecule has 0 unspecified atom stereocenters. The monoisotopic (exact) mass is 396 g/mol. The van der Waals surface area contributed by atoms with Gasteiger partial charge in [-0.15, -0.1) is 0 Å². The van der Waals surface area contributed by atoms with Crippen LogP contribution < -0.4 is 10.1 Å². The number of rotatable bonds is 7. The van der Waals surface area contributed by atoms with Crippen molar-refractivity contribution in [2.75, 3.05) is 19.0 Å². The van der Waals surface area contributed by atoms with Crippen LogP contribution in [0.5, 0.6) is 5.75 Å². The maximum atomic E-state index is 12.5.